The molecular weight excluding hydrogens is 305 g/mol. The summed E-state index contributed by atoms with van der Waals surface area (Å²) in [5.74, 6) is -0.247. The topological polar surface area (TPSA) is 29.1 Å². The van der Waals surface area contributed by atoms with Crippen LogP contribution in [0.4, 0.5) is 4.39 Å². The van der Waals surface area contributed by atoms with Gasteiger partial charge in [-0.15, -0.1) is 0 Å². The van der Waals surface area contributed by atoms with E-state index in [0.29, 0.717) is 11.0 Å². The monoisotopic (exact) mass is 321 g/mol. The molecule has 0 spiro atoms. The fraction of sp³-hybridized carbons (Fsp3) is 0.500. The van der Waals surface area contributed by atoms with Crippen LogP contribution in [0.25, 0.3) is 0 Å². The van der Waals surface area contributed by atoms with Gasteiger partial charge in [-0.05, 0) is 46.6 Å². The van der Waals surface area contributed by atoms with Crippen molar-refractivity contribution < 1.29 is 8.60 Å². The van der Waals surface area contributed by atoms with E-state index in [2.05, 4.69) is 21.2 Å². The van der Waals surface area contributed by atoms with Gasteiger partial charge in [-0.1, -0.05) is 13.0 Å². The molecule has 2 nitrogen and oxygen atoms in total. The quantitative estimate of drug-likeness (QED) is 0.816. The van der Waals surface area contributed by atoms with Crippen molar-refractivity contribution in [2.24, 2.45) is 0 Å². The second-order valence-corrected chi connectivity index (χ2v) is 6.68. The number of hydrogen-bond acceptors (Lipinski definition) is 2. The molecule has 0 bridgehead atoms. The first-order chi connectivity index (χ1) is 8.00. The summed E-state index contributed by atoms with van der Waals surface area (Å²) in [6.45, 7) is 3.49. The lowest BCUT2D eigenvalue weighted by Crippen LogP contribution is -2.20. The van der Waals surface area contributed by atoms with E-state index in [9.17, 15) is 8.60 Å². The predicted octanol–water partition coefficient (Wildman–Crippen LogP) is 2.83. The average molecular weight is 322 g/mol. The van der Waals surface area contributed by atoms with Gasteiger partial charge >= 0.3 is 0 Å². The Labute approximate surface area is 113 Å². The molecule has 1 aromatic rings. The summed E-state index contributed by atoms with van der Waals surface area (Å²) in [7, 11) is -0.762. The zero-order valence-electron chi connectivity index (χ0n) is 10.0. The van der Waals surface area contributed by atoms with Crippen LogP contribution in [0.3, 0.4) is 0 Å². The first-order valence-corrected chi connectivity index (χ1v) is 7.89. The molecule has 0 amide bonds. The number of rotatable bonds is 6. The van der Waals surface area contributed by atoms with E-state index in [1.807, 2.05) is 6.92 Å². The molecule has 0 aliphatic rings. The van der Waals surface area contributed by atoms with E-state index < -0.39 is 10.8 Å². The molecule has 0 radical (unpaired) electrons. The molecule has 0 aliphatic heterocycles. The summed E-state index contributed by atoms with van der Waals surface area (Å²) in [5.41, 5.74) is 1.03. The van der Waals surface area contributed by atoms with Crippen LogP contribution in [0.15, 0.2) is 22.7 Å². The first kappa shape index (κ1) is 14.8. The van der Waals surface area contributed by atoms with Crippen LogP contribution < -0.4 is 5.32 Å². The second kappa shape index (κ2) is 7.24. The molecule has 2 atom stereocenters. The normalized spacial score (nSPS) is 14.6. The highest BCUT2D eigenvalue weighted by molar-refractivity contribution is 9.10. The van der Waals surface area contributed by atoms with Gasteiger partial charge in [-0.2, -0.15) is 0 Å². The Balaban J connectivity index is 2.31. The van der Waals surface area contributed by atoms with Gasteiger partial charge in [0, 0.05) is 28.9 Å². The minimum absolute atomic E-state index is 0.211. The maximum atomic E-state index is 13.0. The minimum atomic E-state index is -0.762. The molecule has 0 aliphatic carbocycles. The van der Waals surface area contributed by atoms with E-state index in [0.717, 1.165) is 18.5 Å². The highest BCUT2D eigenvalue weighted by atomic mass is 79.9. The molecule has 0 saturated heterocycles. The Hall–Kier alpha value is -0.260. The van der Waals surface area contributed by atoms with Crippen molar-refractivity contribution in [3.05, 3.63) is 34.1 Å². The molecule has 0 saturated carbocycles. The molecule has 0 aromatic heterocycles. The van der Waals surface area contributed by atoms with Gasteiger partial charge < -0.3 is 5.32 Å². The lowest BCUT2D eigenvalue weighted by atomic mass is 10.2. The van der Waals surface area contributed by atoms with E-state index >= 15 is 0 Å². The van der Waals surface area contributed by atoms with E-state index in [-0.39, 0.29) is 11.1 Å². The Bertz CT molecular complexity index is 400. The standard InChI is InChI=1S/C12H17BrFNOS/c1-9(17(2)16)5-6-15-8-10-3-4-12(14)11(13)7-10/h3-4,7,9,15H,5-6,8H2,1-2H3. The summed E-state index contributed by atoms with van der Waals surface area (Å²) in [6.07, 6.45) is 2.60. The Kier molecular flexibility index (Phi) is 6.30. The Morgan fingerprint density at radius 3 is 2.82 bits per heavy atom. The second-order valence-electron chi connectivity index (χ2n) is 4.02. The summed E-state index contributed by atoms with van der Waals surface area (Å²) in [4.78, 5) is 0. The van der Waals surface area contributed by atoms with Crippen molar-refractivity contribution in [2.75, 3.05) is 12.8 Å². The van der Waals surface area contributed by atoms with Gasteiger partial charge in [-0.25, -0.2) is 4.39 Å². The van der Waals surface area contributed by atoms with Crippen LogP contribution in [0, 0.1) is 5.82 Å². The predicted molar refractivity (Wildman–Crippen MR) is 74.0 cm³/mol. The van der Waals surface area contributed by atoms with Crippen molar-refractivity contribution in [3.8, 4) is 0 Å². The van der Waals surface area contributed by atoms with Gasteiger partial charge in [0.1, 0.15) is 5.82 Å². The largest absolute Gasteiger partial charge is 0.313 e. The molecular formula is C12H17BrFNOS. The summed E-state index contributed by atoms with van der Waals surface area (Å²) in [5, 5.41) is 3.47. The highest BCUT2D eigenvalue weighted by Gasteiger charge is 2.05. The Morgan fingerprint density at radius 2 is 2.24 bits per heavy atom. The van der Waals surface area contributed by atoms with Crippen LogP contribution >= 0.6 is 15.9 Å². The third-order valence-electron chi connectivity index (χ3n) is 2.61. The van der Waals surface area contributed by atoms with E-state index in [4.69, 9.17) is 0 Å². The molecule has 96 valence electrons. The van der Waals surface area contributed by atoms with Gasteiger partial charge in [0.2, 0.25) is 0 Å². The summed E-state index contributed by atoms with van der Waals surface area (Å²) < 4.78 is 24.6. The summed E-state index contributed by atoms with van der Waals surface area (Å²) >= 11 is 3.15. The molecule has 17 heavy (non-hydrogen) atoms. The van der Waals surface area contributed by atoms with Crippen LogP contribution in [0.5, 0.6) is 0 Å². The lowest BCUT2D eigenvalue weighted by Gasteiger charge is -2.09. The fourth-order valence-electron chi connectivity index (χ4n) is 1.35. The molecule has 1 aromatic carbocycles. The van der Waals surface area contributed by atoms with Crippen molar-refractivity contribution in [3.63, 3.8) is 0 Å². The summed E-state index contributed by atoms with van der Waals surface area (Å²) in [6, 6.07) is 4.98. The molecule has 2 unspecified atom stereocenters. The molecule has 5 heteroatoms. The fourth-order valence-corrected chi connectivity index (χ4v) is 2.23. The third kappa shape index (κ3) is 5.27. The van der Waals surface area contributed by atoms with Gasteiger partial charge in [0.15, 0.2) is 0 Å². The van der Waals surface area contributed by atoms with Crippen LogP contribution in [0.2, 0.25) is 0 Å². The Morgan fingerprint density at radius 1 is 1.53 bits per heavy atom. The lowest BCUT2D eigenvalue weighted by molar-refractivity contribution is 0.613. The zero-order chi connectivity index (χ0) is 12.8. The van der Waals surface area contributed by atoms with Crippen molar-refractivity contribution >= 4 is 26.7 Å². The third-order valence-corrected chi connectivity index (χ3v) is 4.58. The maximum absolute atomic E-state index is 13.0. The molecule has 1 N–H and O–H groups in total. The maximum Gasteiger partial charge on any atom is 0.137 e. The van der Waals surface area contributed by atoms with Gasteiger partial charge in [0.25, 0.3) is 0 Å². The molecule has 0 fully saturated rings. The highest BCUT2D eigenvalue weighted by Crippen LogP contribution is 2.16. The average Bonchev–Trinajstić information content (AvgIpc) is 2.28. The van der Waals surface area contributed by atoms with Crippen molar-refractivity contribution in [1.82, 2.24) is 5.32 Å². The minimum Gasteiger partial charge on any atom is -0.313 e. The van der Waals surface area contributed by atoms with Gasteiger partial charge in [0.05, 0.1) is 4.47 Å². The molecule has 0 heterocycles. The molecule has 1 rings (SSSR count). The van der Waals surface area contributed by atoms with Gasteiger partial charge in [-0.3, -0.25) is 4.21 Å². The van der Waals surface area contributed by atoms with Crippen LogP contribution in [0.1, 0.15) is 18.9 Å². The van der Waals surface area contributed by atoms with Crippen molar-refractivity contribution in [1.29, 1.82) is 0 Å². The van der Waals surface area contributed by atoms with Crippen LogP contribution in [-0.4, -0.2) is 22.3 Å². The SMILES string of the molecule is CC(CCNCc1ccc(F)c(Br)c1)S(C)=O. The smallest absolute Gasteiger partial charge is 0.137 e. The number of nitrogens with one attached hydrogen (secondary N) is 1. The van der Waals surface area contributed by atoms with Crippen LogP contribution in [-0.2, 0) is 17.3 Å². The number of halogens is 2. The van der Waals surface area contributed by atoms with E-state index in [1.54, 1.807) is 18.4 Å². The number of benzene rings is 1. The van der Waals surface area contributed by atoms with Crippen molar-refractivity contribution in [2.45, 2.75) is 25.1 Å². The number of hydrogen-bond donors (Lipinski definition) is 1. The van der Waals surface area contributed by atoms with E-state index in [1.165, 1.54) is 6.07 Å². The first-order valence-electron chi connectivity index (χ1n) is 5.47. The zero-order valence-corrected chi connectivity index (χ0v) is 12.4.